The molecule has 6 heteroatoms. The summed E-state index contributed by atoms with van der Waals surface area (Å²) < 4.78 is 0. The van der Waals surface area contributed by atoms with Crippen LogP contribution in [0.25, 0.3) is 0 Å². The van der Waals surface area contributed by atoms with Gasteiger partial charge < -0.3 is 15.1 Å². The largest absolute Gasteiger partial charge is 0.363 e. The van der Waals surface area contributed by atoms with Gasteiger partial charge in [0.15, 0.2) is 0 Å². The van der Waals surface area contributed by atoms with Gasteiger partial charge in [0.05, 0.1) is 5.92 Å². The lowest BCUT2D eigenvalue weighted by atomic mass is 10.1. The van der Waals surface area contributed by atoms with Crippen LogP contribution in [0, 0.1) is 19.8 Å². The first-order chi connectivity index (χ1) is 12.9. The highest BCUT2D eigenvalue weighted by molar-refractivity contribution is 6.00. The Kier molecular flexibility index (Phi) is 5.44. The molecule has 1 aromatic heterocycles. The number of rotatable bonds is 5. The predicted octanol–water partition coefficient (Wildman–Crippen LogP) is 2.43. The van der Waals surface area contributed by atoms with Crippen molar-refractivity contribution in [3.8, 4) is 0 Å². The zero-order valence-corrected chi connectivity index (χ0v) is 16.3. The number of pyridine rings is 1. The molecule has 27 heavy (non-hydrogen) atoms. The quantitative estimate of drug-likeness (QED) is 0.883. The molecule has 1 aliphatic rings. The number of nitrogens with zero attached hydrogens (tertiary/aromatic N) is 3. The summed E-state index contributed by atoms with van der Waals surface area (Å²) in [5.74, 6) is 0.454. The van der Waals surface area contributed by atoms with Gasteiger partial charge in [-0.3, -0.25) is 9.59 Å². The molecule has 0 bridgehead atoms. The van der Waals surface area contributed by atoms with Gasteiger partial charge >= 0.3 is 0 Å². The van der Waals surface area contributed by atoms with E-state index in [9.17, 15) is 9.59 Å². The van der Waals surface area contributed by atoms with Crippen molar-refractivity contribution in [3.05, 3.63) is 53.2 Å². The zero-order chi connectivity index (χ0) is 19.6. The molecule has 2 heterocycles. The van der Waals surface area contributed by atoms with Crippen LogP contribution >= 0.6 is 0 Å². The Balaban J connectivity index is 1.61. The molecule has 142 valence electrons. The van der Waals surface area contributed by atoms with Crippen molar-refractivity contribution in [2.75, 3.05) is 30.4 Å². The summed E-state index contributed by atoms with van der Waals surface area (Å²) in [5.41, 5.74) is 4.06. The molecular formula is C21H26N4O2. The monoisotopic (exact) mass is 366 g/mol. The van der Waals surface area contributed by atoms with Crippen LogP contribution in [0.2, 0.25) is 0 Å². The third-order valence-corrected chi connectivity index (χ3v) is 5.10. The Morgan fingerprint density at radius 2 is 2.04 bits per heavy atom. The van der Waals surface area contributed by atoms with Crippen molar-refractivity contribution in [1.82, 2.24) is 10.3 Å². The minimum absolute atomic E-state index is 0.000789. The van der Waals surface area contributed by atoms with Crippen molar-refractivity contribution in [1.29, 1.82) is 0 Å². The highest BCUT2D eigenvalue weighted by Gasteiger charge is 2.35. The van der Waals surface area contributed by atoms with Crippen molar-refractivity contribution in [3.63, 3.8) is 0 Å². The number of carbonyl (C=O) groups excluding carboxylic acids is 2. The van der Waals surface area contributed by atoms with E-state index in [0.717, 1.165) is 28.2 Å². The average molecular weight is 366 g/mol. The highest BCUT2D eigenvalue weighted by atomic mass is 16.2. The molecule has 0 radical (unpaired) electrons. The molecule has 1 saturated heterocycles. The molecule has 1 atom stereocenters. The summed E-state index contributed by atoms with van der Waals surface area (Å²) in [6.07, 6.45) is 2.01. The van der Waals surface area contributed by atoms with E-state index in [1.165, 1.54) is 0 Å². The minimum Gasteiger partial charge on any atom is -0.363 e. The smallest absolute Gasteiger partial charge is 0.227 e. The topological polar surface area (TPSA) is 65.5 Å². The van der Waals surface area contributed by atoms with Crippen LogP contribution in [0.1, 0.15) is 23.1 Å². The fourth-order valence-electron chi connectivity index (χ4n) is 3.26. The normalized spacial score (nSPS) is 16.5. The van der Waals surface area contributed by atoms with Gasteiger partial charge in [-0.2, -0.15) is 0 Å². The van der Waals surface area contributed by atoms with Crippen LogP contribution in [-0.2, 0) is 16.1 Å². The van der Waals surface area contributed by atoms with Crippen molar-refractivity contribution >= 4 is 23.3 Å². The molecule has 1 fully saturated rings. The number of hydrogen-bond acceptors (Lipinski definition) is 4. The molecule has 1 aromatic carbocycles. The lowest BCUT2D eigenvalue weighted by Gasteiger charge is -2.20. The Morgan fingerprint density at radius 3 is 2.70 bits per heavy atom. The van der Waals surface area contributed by atoms with E-state index >= 15 is 0 Å². The molecule has 0 saturated carbocycles. The van der Waals surface area contributed by atoms with E-state index in [-0.39, 0.29) is 24.2 Å². The van der Waals surface area contributed by atoms with Crippen molar-refractivity contribution in [2.24, 2.45) is 5.92 Å². The minimum atomic E-state index is -0.327. The Labute approximate surface area is 160 Å². The molecule has 2 amide bonds. The van der Waals surface area contributed by atoms with Crippen LogP contribution in [0.5, 0.6) is 0 Å². The van der Waals surface area contributed by atoms with Crippen LogP contribution in [0.15, 0.2) is 36.5 Å². The lowest BCUT2D eigenvalue weighted by Crippen LogP contribution is -2.32. The number of anilines is 2. The van der Waals surface area contributed by atoms with Crippen LogP contribution in [0.3, 0.4) is 0 Å². The first kappa shape index (κ1) is 18.9. The molecular weight excluding hydrogens is 340 g/mol. The van der Waals surface area contributed by atoms with Crippen molar-refractivity contribution in [2.45, 2.75) is 26.8 Å². The molecule has 1 N–H and O–H groups in total. The second-order valence-corrected chi connectivity index (χ2v) is 7.26. The molecule has 6 nitrogen and oxygen atoms in total. The SMILES string of the molecule is Cc1cccc(N2CC(C(=O)NCc3ccc(N(C)C)nc3)CC2=O)c1C. The van der Waals surface area contributed by atoms with Gasteiger partial charge in [0.25, 0.3) is 0 Å². The van der Waals surface area contributed by atoms with Gasteiger partial charge in [-0.25, -0.2) is 4.98 Å². The molecule has 1 aliphatic heterocycles. The predicted molar refractivity (Wildman–Crippen MR) is 107 cm³/mol. The first-order valence-electron chi connectivity index (χ1n) is 9.13. The van der Waals surface area contributed by atoms with Crippen molar-refractivity contribution < 1.29 is 9.59 Å². The van der Waals surface area contributed by atoms with Gasteiger partial charge in [0.1, 0.15) is 5.82 Å². The highest BCUT2D eigenvalue weighted by Crippen LogP contribution is 2.29. The standard InChI is InChI=1S/C21H26N4O2/c1-14-6-5-7-18(15(14)2)25-13-17(10-20(25)26)21(27)23-12-16-8-9-19(22-11-16)24(3)4/h5-9,11,17H,10,12-13H2,1-4H3,(H,23,27). The number of carbonyl (C=O) groups is 2. The molecule has 0 spiro atoms. The third-order valence-electron chi connectivity index (χ3n) is 5.10. The van der Waals surface area contributed by atoms with Gasteiger partial charge in [-0.15, -0.1) is 0 Å². The van der Waals surface area contributed by atoms with E-state index in [0.29, 0.717) is 13.1 Å². The molecule has 1 unspecified atom stereocenters. The van der Waals surface area contributed by atoms with E-state index in [4.69, 9.17) is 0 Å². The van der Waals surface area contributed by atoms with Crippen LogP contribution < -0.4 is 15.1 Å². The summed E-state index contributed by atoms with van der Waals surface area (Å²) in [7, 11) is 3.87. The molecule has 0 aliphatic carbocycles. The zero-order valence-electron chi connectivity index (χ0n) is 16.3. The number of hydrogen-bond donors (Lipinski definition) is 1. The lowest BCUT2D eigenvalue weighted by molar-refractivity contribution is -0.126. The summed E-state index contributed by atoms with van der Waals surface area (Å²) in [5, 5.41) is 2.94. The Bertz CT molecular complexity index is 846. The summed E-state index contributed by atoms with van der Waals surface area (Å²) >= 11 is 0. The average Bonchev–Trinajstić information content (AvgIpc) is 3.04. The van der Waals surface area contributed by atoms with Gasteiger partial charge in [-0.05, 0) is 42.7 Å². The van der Waals surface area contributed by atoms with Crippen LogP contribution in [-0.4, -0.2) is 37.4 Å². The second-order valence-electron chi connectivity index (χ2n) is 7.26. The van der Waals surface area contributed by atoms with Crippen LogP contribution in [0.4, 0.5) is 11.5 Å². The number of amides is 2. The first-order valence-corrected chi connectivity index (χ1v) is 9.13. The third kappa shape index (κ3) is 4.10. The fourth-order valence-corrected chi connectivity index (χ4v) is 3.26. The second kappa shape index (κ2) is 7.78. The molecule has 2 aromatic rings. The van der Waals surface area contributed by atoms with Gasteiger partial charge in [0, 0.05) is 45.5 Å². The van der Waals surface area contributed by atoms with E-state index in [1.807, 2.05) is 63.2 Å². The van der Waals surface area contributed by atoms with E-state index in [1.54, 1.807) is 11.1 Å². The number of aryl methyl sites for hydroxylation is 1. The number of nitrogens with one attached hydrogen (secondary N) is 1. The summed E-state index contributed by atoms with van der Waals surface area (Å²) in [4.78, 5) is 33.0. The fraction of sp³-hybridized carbons (Fsp3) is 0.381. The summed E-state index contributed by atoms with van der Waals surface area (Å²) in [6, 6.07) is 9.79. The molecule has 3 rings (SSSR count). The van der Waals surface area contributed by atoms with Gasteiger partial charge in [0.2, 0.25) is 11.8 Å². The maximum atomic E-state index is 12.5. The maximum Gasteiger partial charge on any atom is 0.227 e. The Hall–Kier alpha value is -2.89. The van der Waals surface area contributed by atoms with E-state index < -0.39 is 0 Å². The van der Waals surface area contributed by atoms with E-state index in [2.05, 4.69) is 10.3 Å². The maximum absolute atomic E-state index is 12.5. The Morgan fingerprint density at radius 1 is 1.26 bits per heavy atom. The summed E-state index contributed by atoms with van der Waals surface area (Å²) in [6.45, 7) is 4.87. The van der Waals surface area contributed by atoms with Gasteiger partial charge in [-0.1, -0.05) is 18.2 Å². The number of benzene rings is 1. The number of aromatic nitrogens is 1.